The molecule has 0 unspecified atom stereocenters. The molecule has 0 saturated heterocycles. The molecule has 0 N–H and O–H groups in total. The molecule has 0 spiro atoms. The summed E-state index contributed by atoms with van der Waals surface area (Å²) < 4.78 is 25.4. The van der Waals surface area contributed by atoms with Gasteiger partial charge < -0.3 is 4.57 Å². The minimum atomic E-state index is -3.32. The predicted molar refractivity (Wildman–Crippen MR) is 71.6 cm³/mol. The molecule has 2 aromatic rings. The first-order valence-corrected chi connectivity index (χ1v) is 8.81. The van der Waals surface area contributed by atoms with Crippen molar-refractivity contribution in [3.63, 3.8) is 0 Å². The zero-order chi connectivity index (χ0) is 13.3. The van der Waals surface area contributed by atoms with Crippen LogP contribution in [0.25, 0.3) is 10.7 Å². The Hall–Kier alpha value is -0.930. The molecule has 0 atom stereocenters. The van der Waals surface area contributed by atoms with Crippen LogP contribution in [0, 0.1) is 0 Å². The van der Waals surface area contributed by atoms with Gasteiger partial charge in [-0.3, -0.25) is 0 Å². The normalized spacial score (nSPS) is 11.9. The van der Waals surface area contributed by atoms with Gasteiger partial charge in [0.15, 0.2) is 9.35 Å². The average molecular weight is 304 g/mol. The van der Waals surface area contributed by atoms with E-state index < -0.39 is 9.84 Å². The molecule has 2 aromatic heterocycles. The lowest BCUT2D eigenvalue weighted by Gasteiger charge is -2.00. The van der Waals surface area contributed by atoms with Crippen molar-refractivity contribution >= 4 is 32.9 Å². The molecule has 0 amide bonds. The van der Waals surface area contributed by atoms with Crippen LogP contribution in [0.15, 0.2) is 15.7 Å². The van der Waals surface area contributed by atoms with E-state index in [9.17, 15) is 8.42 Å². The van der Waals surface area contributed by atoms with Gasteiger partial charge in [0.05, 0.1) is 11.9 Å². The van der Waals surface area contributed by atoms with Gasteiger partial charge in [0.25, 0.3) is 0 Å². The number of sulfone groups is 1. The SMILES string of the molecule is CCSc1nnc(-c2cnc(S(C)(=O)=O)n2C)s1. The van der Waals surface area contributed by atoms with Crippen LogP contribution in [-0.4, -0.2) is 40.2 Å². The maximum Gasteiger partial charge on any atom is 0.227 e. The quantitative estimate of drug-likeness (QED) is 0.796. The highest BCUT2D eigenvalue weighted by atomic mass is 32.2. The van der Waals surface area contributed by atoms with E-state index in [1.54, 1.807) is 18.8 Å². The molecule has 6 nitrogen and oxygen atoms in total. The molecule has 0 aliphatic carbocycles. The number of nitrogens with zero attached hydrogens (tertiary/aromatic N) is 4. The van der Waals surface area contributed by atoms with Crippen molar-refractivity contribution < 1.29 is 8.42 Å². The van der Waals surface area contributed by atoms with E-state index >= 15 is 0 Å². The third-order valence-electron chi connectivity index (χ3n) is 2.17. The maximum absolute atomic E-state index is 11.5. The zero-order valence-electron chi connectivity index (χ0n) is 10.1. The molecule has 0 saturated carbocycles. The van der Waals surface area contributed by atoms with Crippen molar-refractivity contribution in [1.82, 2.24) is 19.7 Å². The van der Waals surface area contributed by atoms with Crippen LogP contribution in [0.5, 0.6) is 0 Å². The standard InChI is InChI=1S/C9H12N4O2S3/c1-4-16-9-12-11-7(17-9)6-5-10-8(13(6)2)18(3,14)15/h5H,4H2,1-3H3. The number of hydrogen-bond donors (Lipinski definition) is 0. The highest BCUT2D eigenvalue weighted by molar-refractivity contribution is 8.01. The van der Waals surface area contributed by atoms with Crippen LogP contribution in [0.1, 0.15) is 6.92 Å². The third-order valence-corrected chi connectivity index (χ3v) is 5.17. The first kappa shape index (κ1) is 13.5. The van der Waals surface area contributed by atoms with Gasteiger partial charge in [0.1, 0.15) is 0 Å². The number of imidazole rings is 1. The summed E-state index contributed by atoms with van der Waals surface area (Å²) in [6.45, 7) is 2.04. The number of aromatic nitrogens is 4. The summed E-state index contributed by atoms with van der Waals surface area (Å²) in [6, 6.07) is 0. The predicted octanol–water partition coefficient (Wildman–Crippen LogP) is 1.45. The van der Waals surface area contributed by atoms with Gasteiger partial charge in [-0.05, 0) is 5.75 Å². The smallest absolute Gasteiger partial charge is 0.227 e. The Morgan fingerprint density at radius 3 is 2.72 bits per heavy atom. The third kappa shape index (κ3) is 2.57. The number of hydrogen-bond acceptors (Lipinski definition) is 7. The van der Waals surface area contributed by atoms with E-state index in [0.29, 0.717) is 10.7 Å². The molecule has 0 bridgehead atoms. The summed E-state index contributed by atoms with van der Waals surface area (Å²) in [7, 11) is -1.66. The molecule has 0 aliphatic heterocycles. The van der Waals surface area contributed by atoms with Crippen LogP contribution < -0.4 is 0 Å². The highest BCUT2D eigenvalue weighted by Gasteiger charge is 2.19. The van der Waals surface area contributed by atoms with E-state index in [-0.39, 0.29) is 5.16 Å². The van der Waals surface area contributed by atoms with Crippen LogP contribution in [0.3, 0.4) is 0 Å². The van der Waals surface area contributed by atoms with E-state index in [0.717, 1.165) is 16.3 Å². The van der Waals surface area contributed by atoms with Crippen molar-refractivity contribution in [1.29, 1.82) is 0 Å². The van der Waals surface area contributed by atoms with E-state index in [1.807, 2.05) is 6.92 Å². The van der Waals surface area contributed by atoms with Crippen molar-refractivity contribution in [3.8, 4) is 10.7 Å². The zero-order valence-corrected chi connectivity index (χ0v) is 12.6. The van der Waals surface area contributed by atoms with E-state index in [2.05, 4.69) is 15.2 Å². The second-order valence-electron chi connectivity index (χ2n) is 3.56. The minimum Gasteiger partial charge on any atom is -0.316 e. The summed E-state index contributed by atoms with van der Waals surface area (Å²) in [5.41, 5.74) is 0.663. The molecule has 9 heteroatoms. The maximum atomic E-state index is 11.5. The highest BCUT2D eigenvalue weighted by Crippen LogP contribution is 2.29. The molecular weight excluding hydrogens is 292 g/mol. The Labute approximate surface area is 113 Å². The lowest BCUT2D eigenvalue weighted by Crippen LogP contribution is -2.06. The van der Waals surface area contributed by atoms with Gasteiger partial charge in [-0.25, -0.2) is 13.4 Å². The molecule has 0 fully saturated rings. The summed E-state index contributed by atoms with van der Waals surface area (Å²) in [4.78, 5) is 3.93. The lowest BCUT2D eigenvalue weighted by atomic mass is 10.5. The van der Waals surface area contributed by atoms with Gasteiger partial charge in [-0.1, -0.05) is 30.0 Å². The van der Waals surface area contributed by atoms with E-state index in [4.69, 9.17) is 0 Å². The summed E-state index contributed by atoms with van der Waals surface area (Å²) in [5.74, 6) is 0.925. The molecule has 0 radical (unpaired) electrons. The Balaban J connectivity index is 2.42. The van der Waals surface area contributed by atoms with Gasteiger partial charge in [-0.15, -0.1) is 10.2 Å². The topological polar surface area (TPSA) is 77.7 Å². The molecule has 18 heavy (non-hydrogen) atoms. The number of rotatable bonds is 4. The van der Waals surface area contributed by atoms with Crippen LogP contribution in [0.4, 0.5) is 0 Å². The summed E-state index contributed by atoms with van der Waals surface area (Å²) in [6.07, 6.45) is 2.65. The molecular formula is C9H12N4O2S3. The number of thioether (sulfide) groups is 1. The van der Waals surface area contributed by atoms with Crippen LogP contribution in [0.2, 0.25) is 0 Å². The fraction of sp³-hybridized carbons (Fsp3) is 0.444. The average Bonchev–Trinajstić information content (AvgIpc) is 2.84. The second-order valence-corrected chi connectivity index (χ2v) is 7.96. The Morgan fingerprint density at radius 1 is 1.44 bits per heavy atom. The Bertz CT molecular complexity index is 659. The van der Waals surface area contributed by atoms with Gasteiger partial charge in [0, 0.05) is 13.3 Å². The Morgan fingerprint density at radius 2 is 2.17 bits per heavy atom. The monoisotopic (exact) mass is 304 g/mol. The fourth-order valence-electron chi connectivity index (χ4n) is 1.43. The summed E-state index contributed by atoms with van der Waals surface area (Å²) in [5, 5.41) is 8.81. The minimum absolute atomic E-state index is 0.0393. The second kappa shape index (κ2) is 4.98. The molecule has 0 aromatic carbocycles. The van der Waals surface area contributed by atoms with Crippen LogP contribution in [-0.2, 0) is 16.9 Å². The lowest BCUT2D eigenvalue weighted by molar-refractivity contribution is 0.585. The van der Waals surface area contributed by atoms with Gasteiger partial charge in [-0.2, -0.15) is 0 Å². The largest absolute Gasteiger partial charge is 0.316 e. The molecule has 2 rings (SSSR count). The first-order chi connectivity index (χ1) is 8.43. The van der Waals surface area contributed by atoms with Crippen molar-refractivity contribution in [2.24, 2.45) is 7.05 Å². The van der Waals surface area contributed by atoms with Crippen LogP contribution >= 0.6 is 23.1 Å². The molecule has 0 aliphatic rings. The first-order valence-electron chi connectivity index (χ1n) is 5.12. The van der Waals surface area contributed by atoms with Crippen molar-refractivity contribution in [2.45, 2.75) is 16.4 Å². The van der Waals surface area contributed by atoms with Crippen molar-refractivity contribution in [3.05, 3.63) is 6.20 Å². The van der Waals surface area contributed by atoms with Gasteiger partial charge >= 0.3 is 0 Å². The van der Waals surface area contributed by atoms with Crippen molar-refractivity contribution in [2.75, 3.05) is 12.0 Å². The molecule has 98 valence electrons. The fourth-order valence-corrected chi connectivity index (χ4v) is 4.07. The van der Waals surface area contributed by atoms with E-state index in [1.165, 1.54) is 22.1 Å². The Kier molecular flexibility index (Phi) is 3.74. The van der Waals surface area contributed by atoms with Gasteiger partial charge in [0.2, 0.25) is 15.0 Å². The molecule has 2 heterocycles. The summed E-state index contributed by atoms with van der Waals surface area (Å²) >= 11 is 3.04.